The van der Waals surface area contributed by atoms with Gasteiger partial charge in [-0.15, -0.1) is 12.4 Å². The molecule has 0 radical (unpaired) electrons. The molecule has 1 rings (SSSR count). The zero-order chi connectivity index (χ0) is 11.4. The van der Waals surface area contributed by atoms with Crippen LogP contribution in [-0.4, -0.2) is 19.1 Å². The summed E-state index contributed by atoms with van der Waals surface area (Å²) in [7, 11) is 1.36. The summed E-state index contributed by atoms with van der Waals surface area (Å²) in [6, 6.07) is 7.21. The molecule has 16 heavy (non-hydrogen) atoms. The van der Waals surface area contributed by atoms with E-state index in [4.69, 9.17) is 5.84 Å². The number of halogens is 1. The summed E-state index contributed by atoms with van der Waals surface area (Å²) < 4.78 is 4.60. The van der Waals surface area contributed by atoms with E-state index in [1.165, 1.54) is 7.11 Å². The number of hydrazine groups is 1. The summed E-state index contributed by atoms with van der Waals surface area (Å²) in [5.74, 6) is 5.48. The lowest BCUT2D eigenvalue weighted by Crippen LogP contribution is -2.37. The van der Waals surface area contributed by atoms with E-state index in [0.717, 1.165) is 5.69 Å². The van der Waals surface area contributed by atoms with Gasteiger partial charge in [0.25, 0.3) is 0 Å². The Labute approximate surface area is 102 Å². The van der Waals surface area contributed by atoms with E-state index in [-0.39, 0.29) is 24.4 Å². The van der Waals surface area contributed by atoms with Gasteiger partial charge in [-0.2, -0.15) is 0 Å². The lowest BCUT2D eigenvalue weighted by Gasteiger charge is -2.22. The maximum absolute atomic E-state index is 11.2. The first kappa shape index (κ1) is 14.7. The van der Waals surface area contributed by atoms with Gasteiger partial charge < -0.3 is 9.75 Å². The molecule has 0 saturated carbocycles. The van der Waals surface area contributed by atoms with Crippen LogP contribution in [0.3, 0.4) is 0 Å². The van der Waals surface area contributed by atoms with Crippen LogP contribution in [0.5, 0.6) is 0 Å². The zero-order valence-corrected chi connectivity index (χ0v) is 10.5. The van der Waals surface area contributed by atoms with E-state index < -0.39 is 0 Å². The molecule has 1 aromatic carbocycles. The van der Waals surface area contributed by atoms with E-state index >= 15 is 0 Å². The molecule has 2 N–H and O–H groups in total. The van der Waals surface area contributed by atoms with Crippen molar-refractivity contribution < 1.29 is 9.53 Å². The predicted molar refractivity (Wildman–Crippen MR) is 66.8 cm³/mol. The SMILES string of the molecule is COC(=O)c1ccc(N(N)C(C)C)cc1.Cl. The predicted octanol–water partition coefficient (Wildman–Crippen LogP) is 1.98. The molecule has 0 aliphatic heterocycles. The summed E-state index contributed by atoms with van der Waals surface area (Å²) in [4.78, 5) is 11.2. The third kappa shape index (κ3) is 3.40. The highest BCUT2D eigenvalue weighted by atomic mass is 35.5. The van der Waals surface area contributed by atoms with Crippen LogP contribution in [0.1, 0.15) is 24.2 Å². The molecule has 4 nitrogen and oxygen atoms in total. The van der Waals surface area contributed by atoms with Gasteiger partial charge in [0, 0.05) is 6.04 Å². The van der Waals surface area contributed by atoms with Crippen LogP contribution in [0.2, 0.25) is 0 Å². The molecule has 0 aromatic heterocycles. The Morgan fingerprint density at radius 3 is 2.19 bits per heavy atom. The molecule has 0 atom stereocenters. The first-order valence-corrected chi connectivity index (χ1v) is 4.78. The normalized spacial score (nSPS) is 9.56. The van der Waals surface area contributed by atoms with Crippen molar-refractivity contribution in [2.45, 2.75) is 19.9 Å². The molecule has 0 bridgehead atoms. The van der Waals surface area contributed by atoms with Crippen molar-refractivity contribution in [2.24, 2.45) is 5.84 Å². The van der Waals surface area contributed by atoms with Crippen LogP contribution >= 0.6 is 12.4 Å². The van der Waals surface area contributed by atoms with Crippen molar-refractivity contribution in [3.63, 3.8) is 0 Å². The maximum Gasteiger partial charge on any atom is 0.337 e. The highest BCUT2D eigenvalue weighted by molar-refractivity contribution is 5.89. The highest BCUT2D eigenvalue weighted by Gasteiger charge is 2.08. The minimum atomic E-state index is -0.338. The van der Waals surface area contributed by atoms with Crippen LogP contribution in [-0.2, 0) is 4.74 Å². The maximum atomic E-state index is 11.2. The van der Waals surface area contributed by atoms with Crippen LogP contribution in [0.25, 0.3) is 0 Å². The van der Waals surface area contributed by atoms with Crippen LogP contribution < -0.4 is 10.9 Å². The largest absolute Gasteiger partial charge is 0.465 e. The molecule has 0 saturated heterocycles. The molecule has 0 aliphatic carbocycles. The molecule has 0 unspecified atom stereocenters. The molecule has 0 heterocycles. The molecule has 0 aliphatic rings. The van der Waals surface area contributed by atoms with Crippen molar-refractivity contribution >= 4 is 24.1 Å². The van der Waals surface area contributed by atoms with Crippen LogP contribution in [0, 0.1) is 0 Å². The molecule has 90 valence electrons. The molecule has 0 fully saturated rings. The number of nitrogens with zero attached hydrogens (tertiary/aromatic N) is 1. The average molecular weight is 245 g/mol. The number of rotatable bonds is 3. The number of anilines is 1. The minimum Gasteiger partial charge on any atom is -0.465 e. The smallest absolute Gasteiger partial charge is 0.337 e. The van der Waals surface area contributed by atoms with Crippen molar-refractivity contribution in [2.75, 3.05) is 12.1 Å². The molecular formula is C11H17ClN2O2. The Balaban J connectivity index is 0.00000225. The number of carbonyl (C=O) groups is 1. The van der Waals surface area contributed by atoms with Gasteiger partial charge >= 0.3 is 5.97 Å². The van der Waals surface area contributed by atoms with Crippen LogP contribution in [0.15, 0.2) is 24.3 Å². The van der Waals surface area contributed by atoms with E-state index in [1.54, 1.807) is 29.3 Å². The van der Waals surface area contributed by atoms with Gasteiger partial charge in [-0.1, -0.05) is 0 Å². The summed E-state index contributed by atoms with van der Waals surface area (Å²) >= 11 is 0. The fourth-order valence-corrected chi connectivity index (χ4v) is 1.19. The Bertz CT molecular complexity index is 338. The van der Waals surface area contributed by atoms with Crippen molar-refractivity contribution in [3.8, 4) is 0 Å². The summed E-state index contributed by atoms with van der Waals surface area (Å²) in [6.45, 7) is 3.99. The first-order valence-electron chi connectivity index (χ1n) is 4.78. The Kier molecular flexibility index (Phi) is 5.85. The second kappa shape index (κ2) is 6.35. The van der Waals surface area contributed by atoms with E-state index in [1.807, 2.05) is 13.8 Å². The average Bonchev–Trinajstić information content (AvgIpc) is 2.27. The van der Waals surface area contributed by atoms with Gasteiger partial charge in [-0.25, -0.2) is 10.6 Å². The van der Waals surface area contributed by atoms with Gasteiger partial charge in [0.15, 0.2) is 0 Å². The van der Waals surface area contributed by atoms with Gasteiger partial charge in [-0.05, 0) is 38.1 Å². The summed E-state index contributed by atoms with van der Waals surface area (Å²) in [5.41, 5.74) is 1.40. The Morgan fingerprint density at radius 2 is 1.81 bits per heavy atom. The number of esters is 1. The van der Waals surface area contributed by atoms with Crippen molar-refractivity contribution in [1.29, 1.82) is 0 Å². The third-order valence-electron chi connectivity index (χ3n) is 2.14. The number of ether oxygens (including phenoxy) is 1. The second-order valence-corrected chi connectivity index (χ2v) is 3.54. The molecule has 0 spiro atoms. The standard InChI is InChI=1S/C11H16N2O2.ClH/c1-8(2)13(12)10-6-4-9(5-7-10)11(14)15-3;/h4-8H,12H2,1-3H3;1H. The Hall–Kier alpha value is -1.26. The minimum absolute atomic E-state index is 0. The fourth-order valence-electron chi connectivity index (χ4n) is 1.19. The van der Waals surface area contributed by atoms with E-state index in [9.17, 15) is 4.79 Å². The lowest BCUT2D eigenvalue weighted by atomic mass is 10.2. The topological polar surface area (TPSA) is 55.6 Å². The van der Waals surface area contributed by atoms with E-state index in [0.29, 0.717) is 5.56 Å². The number of methoxy groups -OCH3 is 1. The number of hydrogen-bond acceptors (Lipinski definition) is 4. The van der Waals surface area contributed by atoms with Gasteiger partial charge in [0.05, 0.1) is 18.4 Å². The number of nitrogens with two attached hydrogens (primary N) is 1. The summed E-state index contributed by atoms with van der Waals surface area (Å²) in [6.07, 6.45) is 0. The van der Waals surface area contributed by atoms with Crippen molar-refractivity contribution in [1.82, 2.24) is 0 Å². The number of hydrogen-bond donors (Lipinski definition) is 1. The fraction of sp³-hybridized carbons (Fsp3) is 0.364. The number of benzene rings is 1. The molecular weight excluding hydrogens is 228 g/mol. The molecule has 1 aromatic rings. The third-order valence-corrected chi connectivity index (χ3v) is 2.14. The summed E-state index contributed by atoms with van der Waals surface area (Å²) in [5, 5.41) is 1.64. The van der Waals surface area contributed by atoms with Gasteiger partial charge in [0.1, 0.15) is 0 Å². The highest BCUT2D eigenvalue weighted by Crippen LogP contribution is 2.14. The monoisotopic (exact) mass is 244 g/mol. The zero-order valence-electron chi connectivity index (χ0n) is 9.64. The van der Waals surface area contributed by atoms with E-state index in [2.05, 4.69) is 4.74 Å². The second-order valence-electron chi connectivity index (χ2n) is 3.54. The van der Waals surface area contributed by atoms with Gasteiger partial charge in [0.2, 0.25) is 0 Å². The lowest BCUT2D eigenvalue weighted by molar-refractivity contribution is 0.0601. The first-order chi connectivity index (χ1) is 7.06. The van der Waals surface area contributed by atoms with Crippen LogP contribution in [0.4, 0.5) is 5.69 Å². The van der Waals surface area contributed by atoms with Crippen molar-refractivity contribution in [3.05, 3.63) is 29.8 Å². The van der Waals surface area contributed by atoms with Gasteiger partial charge in [-0.3, -0.25) is 0 Å². The number of carbonyl (C=O) groups excluding carboxylic acids is 1. The quantitative estimate of drug-likeness (QED) is 0.502. The molecule has 5 heteroatoms. The molecule has 0 amide bonds. The Morgan fingerprint density at radius 1 is 1.31 bits per heavy atom.